The zero-order valence-corrected chi connectivity index (χ0v) is 15.9. The fraction of sp³-hybridized carbons (Fsp3) is 0.368. The van der Waals surface area contributed by atoms with Crippen molar-refractivity contribution in [1.82, 2.24) is 0 Å². The Kier molecular flexibility index (Phi) is 5.94. The molecule has 0 aliphatic rings. The third kappa shape index (κ3) is 3.47. The summed E-state index contributed by atoms with van der Waals surface area (Å²) in [4.78, 5) is 0. The lowest BCUT2D eigenvalue weighted by molar-refractivity contribution is 0.363. The summed E-state index contributed by atoms with van der Waals surface area (Å²) in [5, 5.41) is 0. The van der Waals surface area contributed by atoms with Crippen molar-refractivity contribution in [3.8, 4) is 17.2 Å². The topological polar surface area (TPSA) is 27.7 Å². The molecule has 0 fully saturated rings. The zero-order valence-electron chi connectivity index (χ0n) is 14.3. The van der Waals surface area contributed by atoms with E-state index in [1.807, 2.05) is 6.07 Å². The lowest BCUT2D eigenvalue weighted by atomic mass is 9.90. The van der Waals surface area contributed by atoms with Crippen LogP contribution in [-0.4, -0.2) is 21.3 Å². The number of hydrogen-bond donors (Lipinski definition) is 0. The van der Waals surface area contributed by atoms with Gasteiger partial charge in [-0.05, 0) is 33.5 Å². The monoisotopic (exact) mass is 378 g/mol. The van der Waals surface area contributed by atoms with Gasteiger partial charge < -0.3 is 14.2 Å². The van der Waals surface area contributed by atoms with E-state index in [9.17, 15) is 0 Å². The van der Waals surface area contributed by atoms with Crippen molar-refractivity contribution in [3.05, 3.63) is 51.5 Å². The number of methoxy groups -OCH3 is 3. The highest BCUT2D eigenvalue weighted by atomic mass is 79.9. The van der Waals surface area contributed by atoms with E-state index >= 15 is 0 Å². The van der Waals surface area contributed by atoms with Crippen LogP contribution in [0.5, 0.6) is 17.2 Å². The van der Waals surface area contributed by atoms with Gasteiger partial charge in [0.05, 0.1) is 21.3 Å². The molecule has 0 aromatic heterocycles. The lowest BCUT2D eigenvalue weighted by Crippen LogP contribution is -2.05. The summed E-state index contributed by atoms with van der Waals surface area (Å²) in [6, 6.07) is 10.6. The van der Waals surface area contributed by atoms with E-state index < -0.39 is 0 Å². The quantitative estimate of drug-likeness (QED) is 0.692. The molecule has 0 aliphatic heterocycles. The Hall–Kier alpha value is -1.68. The molecular formula is C19H23BrO3. The molecule has 2 aromatic rings. The highest BCUT2D eigenvalue weighted by molar-refractivity contribution is 9.10. The minimum absolute atomic E-state index is 0.132. The molecule has 124 valence electrons. The Bertz CT molecular complexity index is 665. The van der Waals surface area contributed by atoms with Crippen LogP contribution in [0.3, 0.4) is 0 Å². The standard InChI is InChI=1S/C19H23BrO3/c1-6-13-7-9-14(10-8-13)12(2)17-15(21-3)11-16(22-4)18(20)19(17)23-5/h7-12H,6H2,1-5H3. The molecule has 2 aromatic carbocycles. The van der Waals surface area contributed by atoms with E-state index in [2.05, 4.69) is 54.0 Å². The molecule has 23 heavy (non-hydrogen) atoms. The van der Waals surface area contributed by atoms with Gasteiger partial charge in [0, 0.05) is 17.5 Å². The highest BCUT2D eigenvalue weighted by Gasteiger charge is 2.24. The molecule has 0 aliphatic carbocycles. The fourth-order valence-corrected chi connectivity index (χ4v) is 3.39. The molecule has 1 unspecified atom stereocenters. The van der Waals surface area contributed by atoms with Gasteiger partial charge in [0.15, 0.2) is 0 Å². The summed E-state index contributed by atoms with van der Waals surface area (Å²) < 4.78 is 17.4. The molecule has 0 saturated heterocycles. The first-order valence-electron chi connectivity index (χ1n) is 7.64. The molecule has 0 N–H and O–H groups in total. The maximum Gasteiger partial charge on any atom is 0.144 e. The Labute approximate surface area is 146 Å². The molecule has 0 bridgehead atoms. The molecule has 1 atom stereocenters. The second-order valence-electron chi connectivity index (χ2n) is 5.36. The summed E-state index contributed by atoms with van der Waals surface area (Å²) in [6.07, 6.45) is 1.04. The summed E-state index contributed by atoms with van der Waals surface area (Å²) >= 11 is 3.57. The SMILES string of the molecule is CCc1ccc(C(C)c2c(OC)cc(OC)c(Br)c2OC)cc1. The second kappa shape index (κ2) is 7.73. The van der Waals surface area contributed by atoms with E-state index in [0.717, 1.165) is 28.0 Å². The first-order valence-corrected chi connectivity index (χ1v) is 8.43. The molecule has 0 heterocycles. The van der Waals surface area contributed by atoms with Crippen LogP contribution in [0, 0.1) is 0 Å². The largest absolute Gasteiger partial charge is 0.496 e. The number of benzene rings is 2. The van der Waals surface area contributed by atoms with Gasteiger partial charge in [-0.3, -0.25) is 0 Å². The van der Waals surface area contributed by atoms with Crippen LogP contribution in [0.1, 0.15) is 36.5 Å². The van der Waals surface area contributed by atoms with Crippen LogP contribution in [0.25, 0.3) is 0 Å². The van der Waals surface area contributed by atoms with Crippen LogP contribution in [0.2, 0.25) is 0 Å². The Morgan fingerprint density at radius 2 is 1.57 bits per heavy atom. The Morgan fingerprint density at radius 3 is 2.04 bits per heavy atom. The van der Waals surface area contributed by atoms with E-state index in [0.29, 0.717) is 5.75 Å². The van der Waals surface area contributed by atoms with Crippen molar-refractivity contribution in [3.63, 3.8) is 0 Å². The fourth-order valence-electron chi connectivity index (χ4n) is 2.74. The molecule has 0 amide bonds. The normalized spacial score (nSPS) is 11.9. The third-order valence-corrected chi connectivity index (χ3v) is 4.90. The lowest BCUT2D eigenvalue weighted by Gasteiger charge is -2.22. The van der Waals surface area contributed by atoms with Crippen molar-refractivity contribution in [2.75, 3.05) is 21.3 Å². The molecule has 4 heteroatoms. The van der Waals surface area contributed by atoms with E-state index in [-0.39, 0.29) is 5.92 Å². The van der Waals surface area contributed by atoms with Crippen molar-refractivity contribution in [1.29, 1.82) is 0 Å². The van der Waals surface area contributed by atoms with Gasteiger partial charge in [-0.2, -0.15) is 0 Å². The van der Waals surface area contributed by atoms with Crippen molar-refractivity contribution >= 4 is 15.9 Å². The number of aryl methyl sites for hydroxylation is 1. The van der Waals surface area contributed by atoms with Gasteiger partial charge in [0.1, 0.15) is 21.7 Å². The van der Waals surface area contributed by atoms with Gasteiger partial charge in [-0.25, -0.2) is 0 Å². The van der Waals surface area contributed by atoms with Crippen LogP contribution >= 0.6 is 15.9 Å². The first-order chi connectivity index (χ1) is 11.1. The van der Waals surface area contributed by atoms with Crippen LogP contribution in [0.4, 0.5) is 0 Å². The minimum Gasteiger partial charge on any atom is -0.496 e. The third-order valence-electron chi connectivity index (χ3n) is 4.15. The maximum atomic E-state index is 5.64. The average Bonchev–Trinajstić information content (AvgIpc) is 2.60. The van der Waals surface area contributed by atoms with Crippen molar-refractivity contribution in [2.45, 2.75) is 26.2 Å². The minimum atomic E-state index is 0.132. The van der Waals surface area contributed by atoms with Gasteiger partial charge in [-0.1, -0.05) is 38.1 Å². The van der Waals surface area contributed by atoms with Crippen LogP contribution in [0.15, 0.2) is 34.8 Å². The highest BCUT2D eigenvalue weighted by Crippen LogP contribution is 2.47. The average molecular weight is 379 g/mol. The van der Waals surface area contributed by atoms with E-state index in [1.54, 1.807) is 21.3 Å². The van der Waals surface area contributed by atoms with E-state index in [1.165, 1.54) is 11.1 Å². The van der Waals surface area contributed by atoms with Crippen molar-refractivity contribution < 1.29 is 14.2 Å². The number of halogens is 1. The van der Waals surface area contributed by atoms with Gasteiger partial charge >= 0.3 is 0 Å². The molecule has 2 rings (SSSR count). The molecule has 0 saturated carbocycles. The first kappa shape index (κ1) is 17.7. The zero-order chi connectivity index (χ0) is 17.0. The summed E-state index contributed by atoms with van der Waals surface area (Å²) in [6.45, 7) is 4.31. The number of rotatable bonds is 6. The Morgan fingerprint density at radius 1 is 0.957 bits per heavy atom. The smallest absolute Gasteiger partial charge is 0.144 e. The van der Waals surface area contributed by atoms with Crippen LogP contribution < -0.4 is 14.2 Å². The van der Waals surface area contributed by atoms with E-state index in [4.69, 9.17) is 14.2 Å². The molecule has 0 radical (unpaired) electrons. The predicted octanol–water partition coefficient (Wildman–Crippen LogP) is 5.19. The Balaban J connectivity index is 2.57. The van der Waals surface area contributed by atoms with Crippen LogP contribution in [-0.2, 0) is 6.42 Å². The predicted molar refractivity (Wildman–Crippen MR) is 97.1 cm³/mol. The van der Waals surface area contributed by atoms with Crippen molar-refractivity contribution in [2.24, 2.45) is 0 Å². The van der Waals surface area contributed by atoms with Gasteiger partial charge in [0.2, 0.25) is 0 Å². The number of ether oxygens (including phenoxy) is 3. The second-order valence-corrected chi connectivity index (χ2v) is 6.15. The summed E-state index contributed by atoms with van der Waals surface area (Å²) in [5.74, 6) is 2.33. The molecule has 3 nitrogen and oxygen atoms in total. The summed E-state index contributed by atoms with van der Waals surface area (Å²) in [5.41, 5.74) is 3.55. The van der Waals surface area contributed by atoms with Gasteiger partial charge in [0.25, 0.3) is 0 Å². The van der Waals surface area contributed by atoms with Gasteiger partial charge in [-0.15, -0.1) is 0 Å². The summed E-state index contributed by atoms with van der Waals surface area (Å²) in [7, 11) is 4.96. The number of hydrogen-bond acceptors (Lipinski definition) is 3. The molecule has 0 spiro atoms. The molecular weight excluding hydrogens is 356 g/mol. The maximum absolute atomic E-state index is 5.64.